The highest BCUT2D eigenvalue weighted by atomic mass is 19.4. The van der Waals surface area contributed by atoms with Crippen molar-refractivity contribution >= 4 is 5.97 Å². The summed E-state index contributed by atoms with van der Waals surface area (Å²) in [5.41, 5.74) is 0.543. The van der Waals surface area contributed by atoms with Crippen molar-refractivity contribution in [2.24, 2.45) is 0 Å². The number of carbonyl (C=O) groups is 1. The molecule has 132 valence electrons. The van der Waals surface area contributed by atoms with Crippen LogP contribution in [-0.2, 0) is 4.79 Å². The summed E-state index contributed by atoms with van der Waals surface area (Å²) in [6.45, 7) is 1.90. The Morgan fingerprint density at radius 2 is 2.12 bits per heavy atom. The fraction of sp³-hybridized carbons (Fsp3) is 0.462. The van der Waals surface area contributed by atoms with E-state index in [0.29, 0.717) is 17.4 Å². The number of rotatable bonds is 2. The van der Waals surface area contributed by atoms with Crippen LogP contribution in [0.5, 0.6) is 0 Å². The molecule has 1 fully saturated rings. The first kappa shape index (κ1) is 17.9. The maximum Gasteiger partial charge on any atom is 0.490 e. The second-order valence-corrected chi connectivity index (χ2v) is 5.03. The molecule has 1 aliphatic heterocycles. The number of halogens is 4. The lowest BCUT2D eigenvalue weighted by Gasteiger charge is -2.18. The van der Waals surface area contributed by atoms with E-state index in [1.54, 1.807) is 0 Å². The van der Waals surface area contributed by atoms with Gasteiger partial charge in [-0.15, -0.1) is 0 Å². The van der Waals surface area contributed by atoms with Gasteiger partial charge in [0, 0.05) is 18.8 Å². The molecule has 0 saturated carbocycles. The van der Waals surface area contributed by atoms with Crippen molar-refractivity contribution in [2.45, 2.75) is 24.9 Å². The molecular weight excluding hydrogens is 336 g/mol. The molecule has 2 aromatic rings. The normalized spacial score (nSPS) is 17.9. The average molecular weight is 350 g/mol. The number of aliphatic carboxylic acids is 1. The lowest BCUT2D eigenvalue weighted by atomic mass is 10.00. The fourth-order valence-corrected chi connectivity index (χ4v) is 2.07. The van der Waals surface area contributed by atoms with E-state index in [9.17, 15) is 17.6 Å². The molecule has 2 aromatic heterocycles. The van der Waals surface area contributed by atoms with E-state index < -0.39 is 12.1 Å². The molecule has 0 aliphatic carbocycles. The Kier molecular flexibility index (Phi) is 5.54. The summed E-state index contributed by atoms with van der Waals surface area (Å²) in [4.78, 5) is 16.0. The maximum absolute atomic E-state index is 12.8. The zero-order chi connectivity index (χ0) is 17.7. The molecule has 0 radical (unpaired) electrons. The number of carboxylic acid groups (broad SMARTS) is 1. The highest BCUT2D eigenvalue weighted by Crippen LogP contribution is 2.24. The Morgan fingerprint density at radius 1 is 1.42 bits per heavy atom. The van der Waals surface area contributed by atoms with Gasteiger partial charge in [-0.25, -0.2) is 9.18 Å². The van der Waals surface area contributed by atoms with E-state index in [0.717, 1.165) is 25.9 Å². The number of aromatic amines is 1. The number of nitrogens with one attached hydrogen (secondary N) is 2. The molecular formula is C13H14F4N4O3. The monoisotopic (exact) mass is 350 g/mol. The summed E-state index contributed by atoms with van der Waals surface area (Å²) in [7, 11) is 0. The van der Waals surface area contributed by atoms with Gasteiger partial charge in [-0.2, -0.15) is 18.2 Å². The minimum atomic E-state index is -5.08. The van der Waals surface area contributed by atoms with Crippen LogP contribution in [-0.4, -0.2) is 45.5 Å². The minimum absolute atomic E-state index is 0.268. The van der Waals surface area contributed by atoms with Gasteiger partial charge in [-0.05, 0) is 19.4 Å². The third kappa shape index (κ3) is 4.78. The molecule has 1 saturated heterocycles. The first-order valence-corrected chi connectivity index (χ1v) is 6.96. The molecule has 3 heterocycles. The number of aromatic nitrogens is 3. The van der Waals surface area contributed by atoms with Crippen molar-refractivity contribution in [2.75, 3.05) is 13.1 Å². The predicted octanol–water partition coefficient (Wildman–Crippen LogP) is 2.30. The van der Waals surface area contributed by atoms with Gasteiger partial charge in [0.15, 0.2) is 0 Å². The Hall–Kier alpha value is -2.43. The molecule has 0 aromatic carbocycles. The summed E-state index contributed by atoms with van der Waals surface area (Å²) in [6, 6.07) is 1.35. The zero-order valence-corrected chi connectivity index (χ0v) is 12.2. The highest BCUT2D eigenvalue weighted by Gasteiger charge is 2.38. The lowest BCUT2D eigenvalue weighted by molar-refractivity contribution is -0.192. The summed E-state index contributed by atoms with van der Waals surface area (Å²) in [6.07, 6.45) is -1.65. The average Bonchev–Trinajstić information content (AvgIpc) is 3.16. The van der Waals surface area contributed by atoms with Gasteiger partial charge in [0.1, 0.15) is 5.82 Å². The van der Waals surface area contributed by atoms with Crippen LogP contribution in [0.3, 0.4) is 0 Å². The molecule has 3 rings (SSSR count). The van der Waals surface area contributed by atoms with E-state index in [2.05, 4.69) is 20.4 Å². The van der Waals surface area contributed by atoms with E-state index in [4.69, 9.17) is 14.4 Å². The van der Waals surface area contributed by atoms with E-state index >= 15 is 0 Å². The van der Waals surface area contributed by atoms with Crippen molar-refractivity contribution in [3.63, 3.8) is 0 Å². The third-order valence-electron chi connectivity index (χ3n) is 3.22. The quantitative estimate of drug-likeness (QED) is 0.718. The van der Waals surface area contributed by atoms with Crippen molar-refractivity contribution in [1.82, 2.24) is 20.4 Å². The second kappa shape index (κ2) is 7.43. The number of H-pyrrole nitrogens is 1. The fourth-order valence-electron chi connectivity index (χ4n) is 2.07. The molecule has 0 amide bonds. The molecule has 24 heavy (non-hydrogen) atoms. The van der Waals surface area contributed by atoms with Crippen LogP contribution in [0.4, 0.5) is 17.6 Å². The molecule has 0 unspecified atom stereocenters. The van der Waals surface area contributed by atoms with Crippen molar-refractivity contribution < 1.29 is 32.0 Å². The molecule has 7 nitrogen and oxygen atoms in total. The van der Waals surface area contributed by atoms with Crippen LogP contribution in [0, 0.1) is 5.82 Å². The van der Waals surface area contributed by atoms with Gasteiger partial charge in [0.2, 0.25) is 11.7 Å². The van der Waals surface area contributed by atoms with Gasteiger partial charge in [-0.3, -0.25) is 0 Å². The summed E-state index contributed by atoms with van der Waals surface area (Å²) in [5.74, 6) is -1.78. The standard InChI is InChI=1S/C11H13FN4O.C2HF3O2/c12-8-4-9(14-6-8)10-15-11(17-16-10)7-2-1-3-13-5-7;3-2(4,5)1(6)7/h4,6-7,13-14H,1-3,5H2;(H,6,7)/t7-;/m0./s1. The number of piperidine rings is 1. The summed E-state index contributed by atoms with van der Waals surface area (Å²) < 4.78 is 49.8. The molecule has 11 heteroatoms. The maximum atomic E-state index is 12.8. The summed E-state index contributed by atoms with van der Waals surface area (Å²) in [5, 5.41) is 14.3. The van der Waals surface area contributed by atoms with Crippen LogP contribution in [0.1, 0.15) is 24.7 Å². The number of carboxylic acids is 1. The first-order valence-electron chi connectivity index (χ1n) is 6.96. The van der Waals surface area contributed by atoms with Gasteiger partial charge in [-0.1, -0.05) is 5.16 Å². The number of nitrogens with zero attached hydrogens (tertiary/aromatic N) is 2. The van der Waals surface area contributed by atoms with Gasteiger partial charge < -0.3 is 19.9 Å². The number of hydrogen-bond acceptors (Lipinski definition) is 5. The Morgan fingerprint density at radius 3 is 2.62 bits per heavy atom. The SMILES string of the molecule is Fc1c[nH]c(-c2noc([C@H]3CCCNC3)n2)c1.O=C(O)C(F)(F)F. The van der Waals surface area contributed by atoms with E-state index in [-0.39, 0.29) is 11.7 Å². The van der Waals surface area contributed by atoms with E-state index in [1.807, 2.05) is 0 Å². The van der Waals surface area contributed by atoms with Gasteiger partial charge in [0.05, 0.1) is 11.6 Å². The van der Waals surface area contributed by atoms with E-state index in [1.165, 1.54) is 12.3 Å². The molecule has 1 aliphatic rings. The number of hydrogen-bond donors (Lipinski definition) is 3. The molecule has 0 bridgehead atoms. The van der Waals surface area contributed by atoms with Crippen LogP contribution in [0.15, 0.2) is 16.8 Å². The molecule has 0 spiro atoms. The second-order valence-electron chi connectivity index (χ2n) is 5.03. The lowest BCUT2D eigenvalue weighted by Crippen LogP contribution is -2.28. The van der Waals surface area contributed by atoms with Crippen LogP contribution in [0.2, 0.25) is 0 Å². The Labute approximate surface area is 133 Å². The third-order valence-corrected chi connectivity index (χ3v) is 3.22. The van der Waals surface area contributed by atoms with Crippen LogP contribution >= 0.6 is 0 Å². The predicted molar refractivity (Wildman–Crippen MR) is 72.6 cm³/mol. The number of alkyl halides is 3. The molecule has 3 N–H and O–H groups in total. The van der Waals surface area contributed by atoms with Crippen molar-refractivity contribution in [3.05, 3.63) is 24.0 Å². The largest absolute Gasteiger partial charge is 0.490 e. The van der Waals surface area contributed by atoms with Crippen molar-refractivity contribution in [3.8, 4) is 11.5 Å². The first-order chi connectivity index (χ1) is 11.3. The molecule has 1 atom stereocenters. The smallest absolute Gasteiger partial charge is 0.475 e. The Balaban J connectivity index is 0.000000256. The summed E-state index contributed by atoms with van der Waals surface area (Å²) >= 11 is 0. The van der Waals surface area contributed by atoms with Crippen molar-refractivity contribution in [1.29, 1.82) is 0 Å². The zero-order valence-electron chi connectivity index (χ0n) is 12.2. The highest BCUT2D eigenvalue weighted by molar-refractivity contribution is 5.73. The van der Waals surface area contributed by atoms with Gasteiger partial charge in [0.25, 0.3) is 0 Å². The van der Waals surface area contributed by atoms with Crippen LogP contribution < -0.4 is 5.32 Å². The topological polar surface area (TPSA) is 104 Å². The minimum Gasteiger partial charge on any atom is -0.475 e. The Bertz CT molecular complexity index is 677. The van der Waals surface area contributed by atoms with Gasteiger partial charge >= 0.3 is 12.1 Å². The van der Waals surface area contributed by atoms with Crippen LogP contribution in [0.25, 0.3) is 11.5 Å².